The number of carbonyl (C=O) groups is 2. The van der Waals surface area contributed by atoms with Gasteiger partial charge in [0.05, 0.1) is 11.0 Å². The zero-order valence-electron chi connectivity index (χ0n) is 13.1. The number of nitrogens with one attached hydrogen (secondary N) is 2. The van der Waals surface area contributed by atoms with Gasteiger partial charge in [-0.05, 0) is 40.5 Å². The van der Waals surface area contributed by atoms with Crippen LogP contribution in [-0.2, 0) is 4.79 Å². The lowest BCUT2D eigenvalue weighted by atomic mass is 9.74. The molecule has 0 heterocycles. The van der Waals surface area contributed by atoms with Crippen LogP contribution in [0.15, 0.2) is 0 Å². The van der Waals surface area contributed by atoms with E-state index in [4.69, 9.17) is 0 Å². The third-order valence-electron chi connectivity index (χ3n) is 4.38. The maximum atomic E-state index is 11.9. The Morgan fingerprint density at radius 3 is 2.00 bits per heavy atom. The molecule has 3 N–H and O–H groups in total. The predicted molar refractivity (Wildman–Crippen MR) is 76.1 cm³/mol. The van der Waals surface area contributed by atoms with Crippen molar-refractivity contribution in [2.75, 3.05) is 0 Å². The summed E-state index contributed by atoms with van der Waals surface area (Å²) in [6, 6.07) is -0.277. The van der Waals surface area contributed by atoms with Crippen LogP contribution >= 0.6 is 0 Å². The summed E-state index contributed by atoms with van der Waals surface area (Å²) in [6.07, 6.45) is 0.978. The van der Waals surface area contributed by atoms with Gasteiger partial charge in [-0.2, -0.15) is 0 Å². The maximum absolute atomic E-state index is 11.9. The minimum atomic E-state index is -1.05. The van der Waals surface area contributed by atoms with Crippen molar-refractivity contribution >= 4 is 12.0 Å². The molecule has 19 heavy (non-hydrogen) atoms. The second-order valence-corrected chi connectivity index (χ2v) is 6.33. The summed E-state index contributed by atoms with van der Waals surface area (Å²) in [5.41, 5.74) is -1.90. The lowest BCUT2D eigenvalue weighted by Crippen LogP contribution is -2.60. The lowest BCUT2D eigenvalue weighted by molar-refractivity contribution is -0.150. The molecule has 112 valence electrons. The zero-order valence-corrected chi connectivity index (χ0v) is 13.1. The van der Waals surface area contributed by atoms with Gasteiger partial charge in [-0.25, -0.2) is 4.79 Å². The number of aliphatic carboxylic acids is 1. The van der Waals surface area contributed by atoms with Gasteiger partial charge in [-0.15, -0.1) is 0 Å². The molecule has 0 aliphatic heterocycles. The predicted octanol–water partition coefficient (Wildman–Crippen LogP) is 2.61. The van der Waals surface area contributed by atoms with Crippen molar-refractivity contribution in [1.29, 1.82) is 0 Å². The van der Waals surface area contributed by atoms with Crippen LogP contribution < -0.4 is 10.6 Å². The summed E-state index contributed by atoms with van der Waals surface area (Å²) in [7, 11) is 0. The summed E-state index contributed by atoms with van der Waals surface area (Å²) in [5.74, 6) is -0.561. The number of carbonyl (C=O) groups excluding carboxylic acids is 1. The minimum Gasteiger partial charge on any atom is -0.481 e. The number of urea groups is 1. The first-order valence-corrected chi connectivity index (χ1v) is 6.77. The van der Waals surface area contributed by atoms with E-state index in [-0.39, 0.29) is 12.1 Å². The first-order chi connectivity index (χ1) is 8.45. The summed E-state index contributed by atoms with van der Waals surface area (Å²) < 4.78 is 0. The quantitative estimate of drug-likeness (QED) is 0.695. The van der Waals surface area contributed by atoms with E-state index in [0.717, 1.165) is 6.42 Å². The van der Waals surface area contributed by atoms with Crippen molar-refractivity contribution in [3.05, 3.63) is 0 Å². The van der Waals surface area contributed by atoms with Crippen molar-refractivity contribution in [3.63, 3.8) is 0 Å². The molecule has 5 nitrogen and oxygen atoms in total. The van der Waals surface area contributed by atoms with Gasteiger partial charge in [0, 0.05) is 6.04 Å². The Morgan fingerprint density at radius 1 is 1.16 bits per heavy atom. The van der Waals surface area contributed by atoms with Crippen molar-refractivity contribution in [2.24, 2.45) is 11.3 Å². The highest BCUT2D eigenvalue weighted by Crippen LogP contribution is 2.30. The van der Waals surface area contributed by atoms with E-state index in [1.807, 2.05) is 6.92 Å². The van der Waals surface area contributed by atoms with Crippen LogP contribution in [0.25, 0.3) is 0 Å². The Balaban J connectivity index is 4.68. The van der Waals surface area contributed by atoms with Crippen molar-refractivity contribution in [1.82, 2.24) is 10.6 Å². The monoisotopic (exact) mass is 272 g/mol. The number of carboxylic acids is 1. The lowest BCUT2D eigenvalue weighted by Gasteiger charge is -2.39. The molecule has 0 rings (SSSR count). The van der Waals surface area contributed by atoms with Crippen LogP contribution in [0.2, 0.25) is 0 Å². The second kappa shape index (κ2) is 6.26. The van der Waals surface area contributed by atoms with Gasteiger partial charge >= 0.3 is 12.0 Å². The van der Waals surface area contributed by atoms with Gasteiger partial charge in [-0.3, -0.25) is 4.79 Å². The molecule has 0 aromatic rings. The third-order valence-corrected chi connectivity index (χ3v) is 4.38. The van der Waals surface area contributed by atoms with Gasteiger partial charge in [-0.1, -0.05) is 20.3 Å². The van der Waals surface area contributed by atoms with Crippen LogP contribution in [0, 0.1) is 11.3 Å². The Morgan fingerprint density at radius 2 is 1.63 bits per heavy atom. The van der Waals surface area contributed by atoms with Gasteiger partial charge in [0.2, 0.25) is 0 Å². The Labute approximate surface area is 116 Å². The normalized spacial score (nSPS) is 15.5. The Kier molecular flexibility index (Phi) is 5.84. The van der Waals surface area contributed by atoms with E-state index in [2.05, 4.69) is 24.5 Å². The molecule has 0 aliphatic rings. The molecule has 2 atom stereocenters. The van der Waals surface area contributed by atoms with Crippen LogP contribution in [0.5, 0.6) is 0 Å². The van der Waals surface area contributed by atoms with E-state index in [0.29, 0.717) is 5.92 Å². The second-order valence-electron chi connectivity index (χ2n) is 6.33. The molecule has 0 radical (unpaired) electrons. The van der Waals surface area contributed by atoms with Crippen LogP contribution in [0.3, 0.4) is 0 Å². The highest BCUT2D eigenvalue weighted by molar-refractivity contribution is 5.79. The van der Waals surface area contributed by atoms with Crippen molar-refractivity contribution < 1.29 is 14.7 Å². The summed E-state index contributed by atoms with van der Waals surface area (Å²) in [5, 5.41) is 14.8. The average molecular weight is 272 g/mol. The summed E-state index contributed by atoms with van der Waals surface area (Å²) in [6.45, 7) is 12.7. The molecule has 2 amide bonds. The number of rotatable bonds is 6. The Bertz CT molecular complexity index is 338. The van der Waals surface area contributed by atoms with Crippen LogP contribution in [-0.4, -0.2) is 28.7 Å². The first-order valence-electron chi connectivity index (χ1n) is 6.77. The fraction of sp³-hybridized carbons (Fsp3) is 0.857. The number of hydrogen-bond donors (Lipinski definition) is 3. The molecular weight excluding hydrogens is 244 g/mol. The fourth-order valence-electron chi connectivity index (χ4n) is 1.45. The van der Waals surface area contributed by atoms with E-state index >= 15 is 0 Å². The highest BCUT2D eigenvalue weighted by atomic mass is 16.4. The van der Waals surface area contributed by atoms with Crippen LogP contribution in [0.1, 0.15) is 54.9 Å². The molecule has 0 bridgehead atoms. The van der Waals surface area contributed by atoms with Gasteiger partial charge in [0.15, 0.2) is 0 Å². The third kappa shape index (κ3) is 4.40. The fourth-order valence-corrected chi connectivity index (χ4v) is 1.45. The largest absolute Gasteiger partial charge is 0.481 e. The molecule has 0 saturated heterocycles. The molecular formula is C14H28N2O3. The average Bonchev–Trinajstić information content (AvgIpc) is 2.26. The summed E-state index contributed by atoms with van der Waals surface area (Å²) in [4.78, 5) is 23.2. The highest BCUT2D eigenvalue weighted by Gasteiger charge is 2.44. The standard InChI is InChI=1S/C14H28N2O3/c1-8-9(2)10(3)15-12(19)16-14(6,7)13(4,5)11(17)18/h9-10H,8H2,1-7H3,(H,17,18)(H2,15,16,19). The van der Waals surface area contributed by atoms with Crippen molar-refractivity contribution in [2.45, 2.75) is 66.5 Å². The van der Waals surface area contributed by atoms with Gasteiger partial charge in [0.25, 0.3) is 0 Å². The van der Waals surface area contributed by atoms with E-state index in [1.54, 1.807) is 27.7 Å². The number of carboxylic acid groups (broad SMARTS) is 1. The van der Waals surface area contributed by atoms with E-state index in [9.17, 15) is 14.7 Å². The van der Waals surface area contributed by atoms with Gasteiger partial charge < -0.3 is 15.7 Å². The SMILES string of the molecule is CCC(C)C(C)NC(=O)NC(C)(C)C(C)(C)C(=O)O. The van der Waals surface area contributed by atoms with Crippen molar-refractivity contribution in [3.8, 4) is 0 Å². The first kappa shape index (κ1) is 17.7. The summed E-state index contributed by atoms with van der Waals surface area (Å²) >= 11 is 0. The van der Waals surface area contributed by atoms with Gasteiger partial charge in [0.1, 0.15) is 0 Å². The molecule has 0 aromatic carbocycles. The molecule has 2 unspecified atom stereocenters. The smallest absolute Gasteiger partial charge is 0.315 e. The molecule has 5 heteroatoms. The van der Waals surface area contributed by atoms with E-state index in [1.165, 1.54) is 0 Å². The number of hydrogen-bond acceptors (Lipinski definition) is 2. The molecule has 0 aromatic heterocycles. The molecule has 0 saturated carbocycles. The molecule has 0 fully saturated rings. The Hall–Kier alpha value is -1.26. The zero-order chi connectivity index (χ0) is 15.4. The maximum Gasteiger partial charge on any atom is 0.315 e. The molecule has 0 spiro atoms. The molecule has 0 aliphatic carbocycles. The topological polar surface area (TPSA) is 78.4 Å². The van der Waals surface area contributed by atoms with Crippen LogP contribution in [0.4, 0.5) is 4.79 Å². The number of amides is 2. The minimum absolute atomic E-state index is 0.0498. The van der Waals surface area contributed by atoms with E-state index < -0.39 is 16.9 Å².